The van der Waals surface area contributed by atoms with Crippen molar-refractivity contribution in [3.8, 4) is 6.07 Å². The van der Waals surface area contributed by atoms with E-state index in [9.17, 15) is 14.9 Å². The molecule has 156 valence electrons. The van der Waals surface area contributed by atoms with Crippen LogP contribution in [0, 0.1) is 18.3 Å². The maximum absolute atomic E-state index is 12.7. The minimum atomic E-state index is -1.01. The van der Waals surface area contributed by atoms with E-state index in [4.69, 9.17) is 4.74 Å². The maximum atomic E-state index is 12.7. The number of benzene rings is 1. The van der Waals surface area contributed by atoms with Crippen molar-refractivity contribution in [2.24, 2.45) is 0 Å². The molecular weight excluding hydrogens is 398 g/mol. The van der Waals surface area contributed by atoms with Crippen molar-refractivity contribution in [1.82, 2.24) is 10.3 Å². The largest absolute Gasteiger partial charge is 0.449 e. The van der Waals surface area contributed by atoms with E-state index in [0.717, 1.165) is 29.7 Å². The number of carbonyl (C=O) groups excluding carboxylic acids is 2. The Morgan fingerprint density at radius 1 is 1.20 bits per heavy atom. The fourth-order valence-corrected chi connectivity index (χ4v) is 4.25. The molecule has 3 rings (SSSR count). The summed E-state index contributed by atoms with van der Waals surface area (Å²) in [5.41, 5.74) is 0.583. The number of esters is 1. The van der Waals surface area contributed by atoms with Gasteiger partial charge in [-0.25, -0.2) is 9.78 Å². The van der Waals surface area contributed by atoms with E-state index < -0.39 is 23.5 Å². The highest BCUT2D eigenvalue weighted by atomic mass is 32.2. The molecule has 1 heterocycles. The van der Waals surface area contributed by atoms with E-state index in [1.54, 1.807) is 18.3 Å². The molecule has 1 aliphatic carbocycles. The normalized spacial score (nSPS) is 16.2. The third kappa shape index (κ3) is 5.39. The average molecular weight is 424 g/mol. The van der Waals surface area contributed by atoms with Crippen LogP contribution in [0.4, 0.5) is 0 Å². The van der Waals surface area contributed by atoms with Crippen molar-refractivity contribution in [2.45, 2.75) is 67.5 Å². The van der Waals surface area contributed by atoms with Gasteiger partial charge in [0.25, 0.3) is 5.91 Å². The third-order valence-corrected chi connectivity index (χ3v) is 6.19. The smallest absolute Gasteiger partial charge is 0.341 e. The van der Waals surface area contributed by atoms with Gasteiger partial charge in [-0.2, -0.15) is 5.26 Å². The maximum Gasteiger partial charge on any atom is 0.341 e. The van der Waals surface area contributed by atoms with E-state index in [1.807, 2.05) is 31.2 Å². The Balaban J connectivity index is 1.67. The predicted molar refractivity (Wildman–Crippen MR) is 114 cm³/mol. The number of aromatic nitrogens is 1. The molecule has 1 aromatic heterocycles. The van der Waals surface area contributed by atoms with Gasteiger partial charge < -0.3 is 10.1 Å². The lowest BCUT2D eigenvalue weighted by Gasteiger charge is -2.32. The molecule has 1 amide bonds. The van der Waals surface area contributed by atoms with Gasteiger partial charge in [-0.15, -0.1) is 0 Å². The number of hydrogen-bond acceptors (Lipinski definition) is 6. The Morgan fingerprint density at radius 2 is 1.90 bits per heavy atom. The molecule has 6 nitrogen and oxygen atoms in total. The summed E-state index contributed by atoms with van der Waals surface area (Å²) in [7, 11) is 0. The van der Waals surface area contributed by atoms with Gasteiger partial charge in [0.1, 0.15) is 10.6 Å². The van der Waals surface area contributed by atoms with E-state index in [0.29, 0.717) is 23.4 Å². The first kappa shape index (κ1) is 21.8. The molecule has 0 radical (unpaired) electrons. The Bertz CT molecular complexity index is 947. The van der Waals surface area contributed by atoms with Crippen molar-refractivity contribution in [2.75, 3.05) is 0 Å². The van der Waals surface area contributed by atoms with Crippen LogP contribution in [-0.2, 0) is 9.53 Å². The van der Waals surface area contributed by atoms with Gasteiger partial charge in [0.05, 0.1) is 11.6 Å². The van der Waals surface area contributed by atoms with E-state index in [2.05, 4.69) is 16.4 Å². The number of nitrogens with zero attached hydrogens (tertiary/aromatic N) is 2. The lowest BCUT2D eigenvalue weighted by molar-refractivity contribution is -0.130. The summed E-state index contributed by atoms with van der Waals surface area (Å²) < 4.78 is 5.41. The Morgan fingerprint density at radius 3 is 2.57 bits per heavy atom. The second-order valence-corrected chi connectivity index (χ2v) is 8.62. The number of hydrogen-bond donors (Lipinski definition) is 1. The molecule has 0 saturated heterocycles. The van der Waals surface area contributed by atoms with Crippen molar-refractivity contribution < 1.29 is 14.3 Å². The number of ether oxygens (including phenoxy) is 1. The van der Waals surface area contributed by atoms with Crippen LogP contribution in [0.3, 0.4) is 0 Å². The molecular formula is C23H25N3O3S. The minimum absolute atomic E-state index is 0.301. The van der Waals surface area contributed by atoms with Crippen molar-refractivity contribution >= 4 is 23.6 Å². The molecule has 0 aliphatic heterocycles. The van der Waals surface area contributed by atoms with E-state index in [-0.39, 0.29) is 0 Å². The fourth-order valence-electron chi connectivity index (χ4n) is 3.38. The van der Waals surface area contributed by atoms with E-state index >= 15 is 0 Å². The Kier molecular flexibility index (Phi) is 7.11. The Labute approximate surface area is 181 Å². The number of carbonyl (C=O) groups is 2. The van der Waals surface area contributed by atoms with Gasteiger partial charge in [0.2, 0.25) is 0 Å². The van der Waals surface area contributed by atoms with Crippen LogP contribution >= 0.6 is 11.8 Å². The highest BCUT2D eigenvalue weighted by Gasteiger charge is 2.35. The molecule has 2 aromatic rings. The number of pyridine rings is 1. The molecule has 30 heavy (non-hydrogen) atoms. The van der Waals surface area contributed by atoms with Gasteiger partial charge >= 0.3 is 5.97 Å². The quantitative estimate of drug-likeness (QED) is 0.691. The first-order valence-corrected chi connectivity index (χ1v) is 10.9. The van der Waals surface area contributed by atoms with Crippen LogP contribution in [0.2, 0.25) is 0 Å². The summed E-state index contributed by atoms with van der Waals surface area (Å²) in [4.78, 5) is 30.6. The molecule has 1 fully saturated rings. The number of rotatable bonds is 6. The molecule has 0 bridgehead atoms. The zero-order valence-corrected chi connectivity index (χ0v) is 18.0. The second-order valence-electron chi connectivity index (χ2n) is 7.56. The standard InChI is InChI=1S/C23H25N3O3S/c1-16-8-10-18(11-9-16)30-21-19(7-6-14-25-21)22(28)29-17(2)20(27)26-23(15-24)12-4-3-5-13-23/h6-11,14,17H,3-5,12-13H2,1-2H3,(H,26,27)/t17-/m1/s1. The predicted octanol–water partition coefficient (Wildman–Crippen LogP) is 4.43. The highest BCUT2D eigenvalue weighted by Crippen LogP contribution is 2.30. The average Bonchev–Trinajstić information content (AvgIpc) is 2.76. The van der Waals surface area contributed by atoms with Crippen LogP contribution in [0.25, 0.3) is 0 Å². The number of nitriles is 1. The minimum Gasteiger partial charge on any atom is -0.449 e. The summed E-state index contributed by atoms with van der Waals surface area (Å²) in [5.74, 6) is -1.07. The van der Waals surface area contributed by atoms with Gasteiger partial charge in [-0.1, -0.05) is 48.7 Å². The molecule has 0 unspecified atom stereocenters. The summed E-state index contributed by atoms with van der Waals surface area (Å²) in [6.07, 6.45) is 4.71. The first-order chi connectivity index (χ1) is 14.4. The van der Waals surface area contributed by atoms with Crippen molar-refractivity contribution in [3.63, 3.8) is 0 Å². The summed E-state index contributed by atoms with van der Waals surface area (Å²) in [5, 5.41) is 12.9. The number of nitrogens with one attached hydrogen (secondary N) is 1. The summed E-state index contributed by atoms with van der Waals surface area (Å²) in [6.45, 7) is 3.53. The van der Waals surface area contributed by atoms with Gasteiger partial charge in [0.15, 0.2) is 6.10 Å². The topological polar surface area (TPSA) is 92.1 Å². The van der Waals surface area contributed by atoms with Crippen LogP contribution in [-0.4, -0.2) is 28.5 Å². The molecule has 1 N–H and O–H groups in total. The van der Waals surface area contributed by atoms with Gasteiger partial charge in [0, 0.05) is 11.1 Å². The SMILES string of the molecule is Cc1ccc(Sc2ncccc2C(=O)O[C@H](C)C(=O)NC2(C#N)CCCCC2)cc1. The summed E-state index contributed by atoms with van der Waals surface area (Å²) >= 11 is 1.36. The molecule has 1 saturated carbocycles. The number of amides is 1. The molecule has 7 heteroatoms. The van der Waals surface area contributed by atoms with Crippen LogP contribution in [0.5, 0.6) is 0 Å². The number of aryl methyl sites for hydroxylation is 1. The van der Waals surface area contributed by atoms with Crippen molar-refractivity contribution in [3.05, 3.63) is 53.7 Å². The van der Waals surface area contributed by atoms with Gasteiger partial charge in [-0.3, -0.25) is 4.79 Å². The van der Waals surface area contributed by atoms with Crippen LogP contribution in [0.1, 0.15) is 54.9 Å². The van der Waals surface area contributed by atoms with Crippen LogP contribution < -0.4 is 5.32 Å². The van der Waals surface area contributed by atoms with Gasteiger partial charge in [-0.05, 0) is 51.0 Å². The Hall–Kier alpha value is -2.85. The van der Waals surface area contributed by atoms with Crippen LogP contribution in [0.15, 0.2) is 52.5 Å². The van der Waals surface area contributed by atoms with E-state index in [1.165, 1.54) is 18.7 Å². The summed E-state index contributed by atoms with van der Waals surface area (Å²) in [6, 6.07) is 13.4. The first-order valence-electron chi connectivity index (χ1n) is 10.1. The molecule has 1 aromatic carbocycles. The fraction of sp³-hybridized carbons (Fsp3) is 0.391. The highest BCUT2D eigenvalue weighted by molar-refractivity contribution is 7.99. The molecule has 1 aliphatic rings. The van der Waals surface area contributed by atoms with Crippen molar-refractivity contribution in [1.29, 1.82) is 5.26 Å². The monoisotopic (exact) mass is 423 g/mol. The third-order valence-electron chi connectivity index (χ3n) is 5.16. The second kappa shape index (κ2) is 9.77. The molecule has 1 atom stereocenters. The zero-order chi connectivity index (χ0) is 21.6. The zero-order valence-electron chi connectivity index (χ0n) is 17.2. The lowest BCUT2D eigenvalue weighted by atomic mass is 9.83. The lowest BCUT2D eigenvalue weighted by Crippen LogP contribution is -2.52. The molecule has 0 spiro atoms.